The Morgan fingerprint density at radius 3 is 2.28 bits per heavy atom. The van der Waals surface area contributed by atoms with Crippen LogP contribution in [0.3, 0.4) is 0 Å². The maximum atomic E-state index is 13.1. The molecule has 0 bridgehead atoms. The fourth-order valence-corrected chi connectivity index (χ4v) is 6.95. The van der Waals surface area contributed by atoms with Crippen molar-refractivity contribution in [2.45, 2.75) is 77.2 Å². The molecule has 5 rings (SSSR count). The number of halogens is 1. The maximum absolute atomic E-state index is 13.1. The van der Waals surface area contributed by atoms with Crippen molar-refractivity contribution in [1.82, 2.24) is 42.1 Å². The SMILES string of the molecule is CC(C)(C)OC(=O)NCC(=O)NCC(=O)NC(Cc1ccccc1)C(=O)NCC(=O)NCOCCc1ccc(NC(=O)NCc2ccc3c(c2)CN(C2CCC(=O)NC2=O)C3=O)cc1Cl. The van der Waals surface area contributed by atoms with Crippen molar-refractivity contribution < 1.29 is 52.6 Å². The lowest BCUT2D eigenvalue weighted by atomic mass is 10.0. The molecular formula is C44H52ClN9O11. The number of benzene rings is 3. The standard InChI is InChI=1S/C44H52ClN9O11/c1-44(2,3)65-43(63)49-22-36(56)46-23-38(58)52-33(18-26-7-5-4-6-8-26)39(59)47-21-37(57)50-25-64-16-15-28-10-11-30(19-32(28)45)51-42(62)48-20-27-9-12-31-29(17-27)24-54(41(31)61)34-13-14-35(55)53-40(34)60/h4-12,17,19,33-34H,13-16,18,20-25H2,1-3H3,(H,46,56)(H,47,59)(H,49,63)(H,50,57)(H,52,58)(H2,48,51,62)(H,53,55,60). The van der Waals surface area contributed by atoms with E-state index in [2.05, 4.69) is 42.5 Å². The largest absolute Gasteiger partial charge is 0.444 e. The summed E-state index contributed by atoms with van der Waals surface area (Å²) in [6.07, 6.45) is 0.108. The quantitative estimate of drug-likeness (QED) is 0.0486. The summed E-state index contributed by atoms with van der Waals surface area (Å²) in [4.78, 5) is 113. The molecule has 3 aromatic rings. The highest BCUT2D eigenvalue weighted by atomic mass is 35.5. The molecule has 3 aromatic carbocycles. The van der Waals surface area contributed by atoms with E-state index in [1.54, 1.807) is 87.5 Å². The Balaban J connectivity index is 0.981. The predicted octanol–water partition coefficient (Wildman–Crippen LogP) is 1.54. The minimum Gasteiger partial charge on any atom is -0.444 e. The highest BCUT2D eigenvalue weighted by Gasteiger charge is 2.39. The zero-order valence-corrected chi connectivity index (χ0v) is 36.9. The smallest absolute Gasteiger partial charge is 0.408 e. The molecule has 1 saturated heterocycles. The number of hydrogen-bond acceptors (Lipinski definition) is 11. The number of urea groups is 1. The summed E-state index contributed by atoms with van der Waals surface area (Å²) in [5.74, 6) is -3.64. The monoisotopic (exact) mass is 917 g/mol. The van der Waals surface area contributed by atoms with Crippen molar-refractivity contribution in [3.05, 3.63) is 99.6 Å². The summed E-state index contributed by atoms with van der Waals surface area (Å²) in [5, 5.41) is 20.4. The van der Waals surface area contributed by atoms with Crippen LogP contribution in [0.15, 0.2) is 66.7 Å². The third-order valence-electron chi connectivity index (χ3n) is 9.83. The molecule has 0 spiro atoms. The Bertz CT molecular complexity index is 2290. The van der Waals surface area contributed by atoms with Gasteiger partial charge in [0.25, 0.3) is 5.91 Å². The minimum atomic E-state index is -1.08. The van der Waals surface area contributed by atoms with Crippen LogP contribution in [0.5, 0.6) is 0 Å². The lowest BCUT2D eigenvalue weighted by molar-refractivity contribution is -0.137. The van der Waals surface area contributed by atoms with Gasteiger partial charge in [0.1, 0.15) is 31.0 Å². The number of carbonyl (C=O) groups excluding carboxylic acids is 9. The normalized spacial score (nSPS) is 14.9. The number of fused-ring (bicyclic) bond motifs is 1. The number of nitrogens with one attached hydrogen (secondary N) is 8. The van der Waals surface area contributed by atoms with E-state index in [9.17, 15) is 43.2 Å². The Morgan fingerprint density at radius 1 is 0.831 bits per heavy atom. The zero-order valence-electron chi connectivity index (χ0n) is 36.1. The third-order valence-corrected chi connectivity index (χ3v) is 10.2. The molecule has 0 radical (unpaired) electrons. The van der Waals surface area contributed by atoms with Crippen molar-refractivity contribution in [2.75, 3.05) is 38.3 Å². The zero-order chi connectivity index (χ0) is 47.1. The van der Waals surface area contributed by atoms with E-state index >= 15 is 0 Å². The first-order valence-electron chi connectivity index (χ1n) is 20.7. The first kappa shape index (κ1) is 49.0. The van der Waals surface area contributed by atoms with Crippen LogP contribution in [-0.2, 0) is 64.2 Å². The molecule has 0 aromatic heterocycles. The molecule has 8 N–H and O–H groups in total. The van der Waals surface area contributed by atoms with Gasteiger partial charge in [-0.25, -0.2) is 9.59 Å². The molecule has 0 saturated carbocycles. The van der Waals surface area contributed by atoms with Gasteiger partial charge in [0.15, 0.2) is 0 Å². The molecule has 2 heterocycles. The number of amides is 10. The van der Waals surface area contributed by atoms with E-state index in [-0.39, 0.29) is 57.5 Å². The Labute approximate surface area is 379 Å². The number of ether oxygens (including phenoxy) is 2. The van der Waals surface area contributed by atoms with Gasteiger partial charge in [-0.1, -0.05) is 60.1 Å². The van der Waals surface area contributed by atoms with Crippen molar-refractivity contribution in [3.63, 3.8) is 0 Å². The average Bonchev–Trinajstić information content (AvgIpc) is 3.57. The lowest BCUT2D eigenvalue weighted by Crippen LogP contribution is -2.52. The van der Waals surface area contributed by atoms with Crippen LogP contribution in [0.4, 0.5) is 15.3 Å². The molecule has 2 aliphatic rings. The van der Waals surface area contributed by atoms with Crippen LogP contribution in [0.25, 0.3) is 0 Å². The molecular weight excluding hydrogens is 866 g/mol. The third kappa shape index (κ3) is 15.6. The number of carbonyl (C=O) groups is 9. The number of nitrogens with zero attached hydrogens (tertiary/aromatic N) is 1. The second-order valence-electron chi connectivity index (χ2n) is 16.1. The van der Waals surface area contributed by atoms with Gasteiger partial charge >= 0.3 is 12.1 Å². The number of alkyl carbamates (subject to hydrolysis) is 1. The highest BCUT2D eigenvalue weighted by molar-refractivity contribution is 6.31. The Morgan fingerprint density at radius 2 is 1.55 bits per heavy atom. The van der Waals surface area contributed by atoms with Gasteiger partial charge in [-0.15, -0.1) is 0 Å². The van der Waals surface area contributed by atoms with E-state index in [0.717, 1.165) is 22.3 Å². The van der Waals surface area contributed by atoms with Crippen LogP contribution >= 0.6 is 11.6 Å². The molecule has 21 heteroatoms. The van der Waals surface area contributed by atoms with Gasteiger partial charge in [-0.2, -0.15) is 0 Å². The first-order valence-corrected chi connectivity index (χ1v) is 21.1. The van der Waals surface area contributed by atoms with Gasteiger partial charge in [0.2, 0.25) is 35.4 Å². The fourth-order valence-electron chi connectivity index (χ4n) is 6.67. The lowest BCUT2D eigenvalue weighted by Gasteiger charge is -2.29. The van der Waals surface area contributed by atoms with Gasteiger partial charge in [0.05, 0.1) is 19.7 Å². The van der Waals surface area contributed by atoms with Crippen molar-refractivity contribution >= 4 is 70.8 Å². The van der Waals surface area contributed by atoms with Gasteiger partial charge in [-0.3, -0.25) is 38.9 Å². The number of rotatable bonds is 19. The van der Waals surface area contributed by atoms with E-state index in [1.165, 1.54) is 4.90 Å². The predicted molar refractivity (Wildman–Crippen MR) is 235 cm³/mol. The van der Waals surface area contributed by atoms with Crippen LogP contribution in [0.2, 0.25) is 5.02 Å². The van der Waals surface area contributed by atoms with Crippen LogP contribution < -0.4 is 42.5 Å². The van der Waals surface area contributed by atoms with Crippen molar-refractivity contribution in [1.29, 1.82) is 0 Å². The summed E-state index contributed by atoms with van der Waals surface area (Å²) >= 11 is 6.48. The van der Waals surface area contributed by atoms with E-state index in [1.807, 2.05) is 0 Å². The summed E-state index contributed by atoms with van der Waals surface area (Å²) in [6, 6.07) is 16.8. The van der Waals surface area contributed by atoms with Crippen molar-refractivity contribution in [2.24, 2.45) is 0 Å². The molecule has 1 fully saturated rings. The number of imide groups is 1. The molecule has 2 atom stereocenters. The molecule has 20 nitrogen and oxygen atoms in total. The van der Waals surface area contributed by atoms with Crippen LogP contribution in [0, 0.1) is 0 Å². The molecule has 65 heavy (non-hydrogen) atoms. The number of piperidine rings is 1. The molecule has 0 aliphatic carbocycles. The topological polar surface area (TPSA) is 272 Å². The Hall–Kier alpha value is -7.06. The van der Waals surface area contributed by atoms with Gasteiger partial charge in [-0.05, 0) is 74.1 Å². The summed E-state index contributed by atoms with van der Waals surface area (Å²) in [5.41, 5.74) is 3.08. The number of hydrogen-bond donors (Lipinski definition) is 8. The molecule has 2 unspecified atom stereocenters. The van der Waals surface area contributed by atoms with Crippen molar-refractivity contribution in [3.8, 4) is 0 Å². The van der Waals surface area contributed by atoms with E-state index in [0.29, 0.717) is 22.7 Å². The molecule has 346 valence electrons. The summed E-state index contributed by atoms with van der Waals surface area (Å²) in [7, 11) is 0. The van der Waals surface area contributed by atoms with E-state index < -0.39 is 79.0 Å². The van der Waals surface area contributed by atoms with E-state index in [4.69, 9.17) is 21.1 Å². The van der Waals surface area contributed by atoms with Gasteiger partial charge in [0, 0.05) is 42.2 Å². The summed E-state index contributed by atoms with van der Waals surface area (Å²) in [6.45, 7) is 4.09. The second-order valence-corrected chi connectivity index (χ2v) is 16.5. The van der Waals surface area contributed by atoms with Crippen LogP contribution in [-0.4, -0.2) is 109 Å². The molecule has 10 amide bonds. The first-order chi connectivity index (χ1) is 30.9. The summed E-state index contributed by atoms with van der Waals surface area (Å²) < 4.78 is 10.6. The number of anilines is 1. The Kier molecular flexibility index (Phi) is 17.4. The minimum absolute atomic E-state index is 0.0991. The van der Waals surface area contributed by atoms with Crippen LogP contribution in [0.1, 0.15) is 66.2 Å². The second kappa shape index (κ2) is 23.0. The highest BCUT2D eigenvalue weighted by Crippen LogP contribution is 2.28. The van der Waals surface area contributed by atoms with Gasteiger partial charge < -0.3 is 51.6 Å². The maximum Gasteiger partial charge on any atom is 0.408 e. The fraction of sp³-hybridized carbons (Fsp3) is 0.386. The molecule has 2 aliphatic heterocycles. The average molecular weight is 918 g/mol.